The summed E-state index contributed by atoms with van der Waals surface area (Å²) in [6, 6.07) is 0. The number of methoxy groups -OCH3 is 1. The van der Waals surface area contributed by atoms with Gasteiger partial charge >= 0.3 is 0 Å². The monoisotopic (exact) mass is 219 g/mol. The van der Waals surface area contributed by atoms with E-state index < -0.39 is 18.5 Å². The Balaban J connectivity index is 2.09. The lowest BCUT2D eigenvalue weighted by atomic mass is 9.98. The summed E-state index contributed by atoms with van der Waals surface area (Å²) in [6.45, 7) is 7.72. The van der Waals surface area contributed by atoms with Crippen LogP contribution in [0.3, 0.4) is 0 Å². The molecule has 2 aliphatic heterocycles. The van der Waals surface area contributed by atoms with E-state index in [0.29, 0.717) is 0 Å². The Morgan fingerprint density at radius 2 is 2.13 bits per heavy atom. The molecule has 0 saturated carbocycles. The van der Waals surface area contributed by atoms with Gasteiger partial charge < -0.3 is 18.9 Å². The first kappa shape index (κ1) is 8.93. The Kier molecular flexibility index (Phi) is 2.03. The zero-order valence-corrected chi connectivity index (χ0v) is 9.65. The van der Waals surface area contributed by atoms with Crippen LogP contribution in [-0.4, -0.2) is 43.4 Å². The van der Waals surface area contributed by atoms with Gasteiger partial charge in [-0.3, -0.25) is 0 Å². The second kappa shape index (κ2) is 3.42. The topological polar surface area (TPSA) is 36.9 Å². The minimum Gasteiger partial charge on any atom is -0.382 e. The van der Waals surface area contributed by atoms with Crippen molar-refractivity contribution in [2.45, 2.75) is 57.4 Å². The lowest BCUT2D eigenvalue weighted by molar-refractivity contribution is -0.211. The van der Waals surface area contributed by atoms with Gasteiger partial charge in [-0.1, -0.05) is 0 Å². The van der Waals surface area contributed by atoms with Crippen molar-refractivity contribution in [1.82, 2.24) is 0 Å². The van der Waals surface area contributed by atoms with Gasteiger partial charge in [-0.2, -0.15) is 0 Å². The zero-order chi connectivity index (χ0) is 12.8. The highest BCUT2D eigenvalue weighted by Gasteiger charge is 2.59. The molecule has 4 nitrogen and oxygen atoms in total. The molecule has 88 valence electrons. The van der Waals surface area contributed by atoms with E-state index in [2.05, 4.69) is 0 Å². The second-order valence-corrected chi connectivity index (χ2v) is 4.97. The third-order valence-corrected chi connectivity index (χ3v) is 3.02. The quantitative estimate of drug-likeness (QED) is 0.702. The summed E-state index contributed by atoms with van der Waals surface area (Å²) >= 11 is 0. The first-order valence-corrected chi connectivity index (χ1v) is 5.23. The molecule has 5 atom stereocenters. The van der Waals surface area contributed by atoms with Crippen LogP contribution in [0, 0.1) is 0 Å². The van der Waals surface area contributed by atoms with Gasteiger partial charge in [-0.15, -0.1) is 0 Å². The summed E-state index contributed by atoms with van der Waals surface area (Å²) in [5.41, 5.74) is -0.655. The number of ether oxygens (including phenoxy) is 4. The molecule has 3 unspecified atom stereocenters. The van der Waals surface area contributed by atoms with Crippen molar-refractivity contribution in [1.29, 1.82) is 0 Å². The summed E-state index contributed by atoms with van der Waals surface area (Å²) in [5.74, 6) is -0.615. The molecule has 15 heavy (non-hydrogen) atoms. The number of hydrogen-bond acceptors (Lipinski definition) is 4. The molecule has 0 aliphatic carbocycles. The van der Waals surface area contributed by atoms with Crippen LogP contribution >= 0.6 is 0 Å². The smallest absolute Gasteiger partial charge is 0.164 e. The van der Waals surface area contributed by atoms with Crippen LogP contribution in [-0.2, 0) is 18.9 Å². The summed E-state index contributed by atoms with van der Waals surface area (Å²) in [5, 5.41) is 0. The summed E-state index contributed by atoms with van der Waals surface area (Å²) in [7, 11) is -1.31. The van der Waals surface area contributed by atoms with E-state index in [1.54, 1.807) is 0 Å². The number of hydrogen-bond donors (Lipinski definition) is 0. The molecule has 0 bridgehead atoms. The van der Waals surface area contributed by atoms with E-state index in [9.17, 15) is 0 Å². The second-order valence-electron chi connectivity index (χ2n) is 4.97. The molecule has 0 aromatic rings. The highest BCUT2D eigenvalue weighted by molar-refractivity contribution is 5.03. The SMILES string of the molecule is [2H]C([3H])OCC1(C)OC(C)[C@H]2OC(C)(C)O[C@H]21. The lowest BCUT2D eigenvalue weighted by Gasteiger charge is -2.30. The average Bonchev–Trinajstić information content (AvgIpc) is 2.61. The first-order valence-electron chi connectivity index (χ1n) is 6.38. The molecule has 2 aliphatic rings. The van der Waals surface area contributed by atoms with Crippen LogP contribution in [0.1, 0.15) is 30.4 Å². The molecular weight excluding hydrogens is 196 g/mol. The van der Waals surface area contributed by atoms with Gasteiger partial charge in [0.1, 0.15) is 17.8 Å². The molecule has 4 heteroatoms. The van der Waals surface area contributed by atoms with Gasteiger partial charge in [0, 0.05) is 7.06 Å². The van der Waals surface area contributed by atoms with Gasteiger partial charge in [-0.05, 0) is 27.7 Å². The van der Waals surface area contributed by atoms with Gasteiger partial charge in [0.05, 0.1) is 15.5 Å². The maximum atomic E-state index is 7.06. The Morgan fingerprint density at radius 3 is 2.80 bits per heavy atom. The van der Waals surface area contributed by atoms with E-state index >= 15 is 0 Å². The fourth-order valence-electron chi connectivity index (χ4n) is 2.44. The van der Waals surface area contributed by atoms with E-state index in [1.165, 1.54) is 0 Å². The van der Waals surface area contributed by atoms with Gasteiger partial charge in [-0.25, -0.2) is 0 Å². The largest absolute Gasteiger partial charge is 0.382 e. The van der Waals surface area contributed by atoms with Crippen LogP contribution in [0.15, 0.2) is 0 Å². The molecule has 0 radical (unpaired) electrons. The molecule has 0 aromatic carbocycles. The molecule has 2 fully saturated rings. The molecule has 0 amide bonds. The van der Waals surface area contributed by atoms with Crippen molar-refractivity contribution in [2.24, 2.45) is 0 Å². The molecule has 2 saturated heterocycles. The van der Waals surface area contributed by atoms with Crippen molar-refractivity contribution in [3.8, 4) is 0 Å². The Morgan fingerprint density at radius 1 is 1.40 bits per heavy atom. The molecule has 2 heterocycles. The summed E-state index contributed by atoms with van der Waals surface area (Å²) in [6.07, 6.45) is -0.412. The van der Waals surface area contributed by atoms with Crippen molar-refractivity contribution in [3.63, 3.8) is 0 Å². The van der Waals surface area contributed by atoms with Gasteiger partial charge in [0.15, 0.2) is 5.79 Å². The van der Waals surface area contributed by atoms with E-state index in [-0.39, 0.29) is 24.9 Å². The average molecular weight is 219 g/mol. The maximum Gasteiger partial charge on any atom is 0.164 e. The van der Waals surface area contributed by atoms with Crippen molar-refractivity contribution in [2.75, 3.05) is 13.7 Å². The zero-order valence-electron chi connectivity index (χ0n) is 11.6. The van der Waals surface area contributed by atoms with Crippen LogP contribution in [0.4, 0.5) is 0 Å². The first-order chi connectivity index (χ1) is 7.73. The Labute approximate surface area is 93.6 Å². The highest BCUT2D eigenvalue weighted by atomic mass is 16.8. The lowest BCUT2D eigenvalue weighted by Crippen LogP contribution is -2.44. The molecule has 0 aromatic heterocycles. The van der Waals surface area contributed by atoms with Crippen LogP contribution in [0.2, 0.25) is 0 Å². The minimum atomic E-state index is -1.31. The van der Waals surface area contributed by atoms with Crippen molar-refractivity contribution >= 4 is 0 Å². The minimum absolute atomic E-state index is 0.0784. The fourth-order valence-corrected chi connectivity index (χ4v) is 2.44. The van der Waals surface area contributed by atoms with Gasteiger partial charge in [0.25, 0.3) is 0 Å². The van der Waals surface area contributed by atoms with E-state index in [4.69, 9.17) is 21.7 Å². The Bertz CT molecular complexity index is 297. The van der Waals surface area contributed by atoms with Crippen LogP contribution < -0.4 is 0 Å². The third-order valence-electron chi connectivity index (χ3n) is 3.02. The normalized spacial score (nSPS) is 52.1. The van der Waals surface area contributed by atoms with Crippen LogP contribution in [0.25, 0.3) is 0 Å². The third kappa shape index (κ3) is 1.80. The molecular formula is C11H20O4. The number of rotatable bonds is 2. The Hall–Kier alpha value is -0.160. The van der Waals surface area contributed by atoms with Crippen LogP contribution in [0.5, 0.6) is 0 Å². The molecule has 0 spiro atoms. The van der Waals surface area contributed by atoms with E-state index in [1.807, 2.05) is 27.7 Å². The summed E-state index contributed by atoms with van der Waals surface area (Å²) < 4.78 is 36.6. The predicted octanol–water partition coefficient (Wildman–Crippen LogP) is 1.33. The standard InChI is InChI=1S/C11H20O4/c1-7-8-9(15-10(2,3)14-8)11(4,13-7)6-12-5/h7-9H,6H2,1-5H3/t7?,8-,9-,11?/m1/s1/i5TD/t5?,7?,8-,9-,11?. The number of fused-ring (bicyclic) bond motifs is 1. The van der Waals surface area contributed by atoms with Crippen molar-refractivity contribution < 1.29 is 21.7 Å². The predicted molar refractivity (Wildman–Crippen MR) is 54.7 cm³/mol. The summed E-state index contributed by atoms with van der Waals surface area (Å²) in [4.78, 5) is 0. The van der Waals surface area contributed by atoms with Crippen molar-refractivity contribution in [3.05, 3.63) is 0 Å². The fraction of sp³-hybridized carbons (Fsp3) is 1.00. The highest BCUT2D eigenvalue weighted by Crippen LogP contribution is 2.43. The van der Waals surface area contributed by atoms with E-state index in [0.717, 1.165) is 0 Å². The molecule has 2 rings (SSSR count). The van der Waals surface area contributed by atoms with Gasteiger partial charge in [0.2, 0.25) is 0 Å². The molecule has 0 N–H and O–H groups in total. The maximum absolute atomic E-state index is 7.06.